The summed E-state index contributed by atoms with van der Waals surface area (Å²) < 4.78 is 34.6. The van der Waals surface area contributed by atoms with E-state index in [-0.39, 0.29) is 16.2 Å². The lowest BCUT2D eigenvalue weighted by Crippen LogP contribution is -2.35. The van der Waals surface area contributed by atoms with Gasteiger partial charge in [0.1, 0.15) is 29.7 Å². The number of fused-ring (bicyclic) bond motifs is 1. The molecule has 1 aromatic heterocycles. The van der Waals surface area contributed by atoms with Gasteiger partial charge in [0.15, 0.2) is 0 Å². The number of Topliss-reactive ketones (excluding diaryl/α,β-unsaturated/α-hetero) is 1. The first-order chi connectivity index (χ1) is 17.7. The van der Waals surface area contributed by atoms with Crippen molar-refractivity contribution in [3.63, 3.8) is 0 Å². The fraction of sp³-hybridized carbons (Fsp3) is 0.357. The van der Waals surface area contributed by atoms with Crippen LogP contribution in [0.4, 0.5) is 0 Å². The molecule has 2 aromatic carbocycles. The third kappa shape index (κ3) is 5.87. The lowest BCUT2D eigenvalue weighted by Gasteiger charge is -2.29. The van der Waals surface area contributed by atoms with E-state index in [9.17, 15) is 18.5 Å². The molecule has 0 amide bonds. The van der Waals surface area contributed by atoms with Crippen molar-refractivity contribution in [2.24, 2.45) is 5.92 Å². The number of allylic oxidation sites excluding steroid dienone is 1. The average molecular weight is 521 g/mol. The van der Waals surface area contributed by atoms with E-state index in [1.807, 2.05) is 6.07 Å². The molecule has 8 nitrogen and oxygen atoms in total. The third-order valence-electron chi connectivity index (χ3n) is 6.55. The second kappa shape index (κ2) is 11.2. The smallest absolute Gasteiger partial charge is 0.268 e. The van der Waals surface area contributed by atoms with E-state index in [4.69, 9.17) is 4.74 Å². The molecule has 4 rings (SSSR count). The summed E-state index contributed by atoms with van der Waals surface area (Å²) in [7, 11) is -0.767. The Morgan fingerprint density at radius 3 is 2.49 bits per heavy atom. The van der Waals surface area contributed by atoms with E-state index >= 15 is 0 Å². The maximum atomic E-state index is 13.8. The van der Waals surface area contributed by atoms with Gasteiger partial charge < -0.3 is 9.64 Å². The molecule has 0 radical (unpaired) electrons. The molecule has 3 aromatic rings. The van der Waals surface area contributed by atoms with Crippen molar-refractivity contribution in [2.45, 2.75) is 24.7 Å². The molecule has 0 atom stereocenters. The Morgan fingerprint density at radius 2 is 1.84 bits per heavy atom. The molecular weight excluding hydrogens is 488 g/mol. The first-order valence-corrected chi connectivity index (χ1v) is 13.8. The zero-order valence-electron chi connectivity index (χ0n) is 21.4. The molecule has 0 saturated carbocycles. The van der Waals surface area contributed by atoms with Gasteiger partial charge in [0.2, 0.25) is 5.78 Å². The van der Waals surface area contributed by atoms with Crippen molar-refractivity contribution >= 4 is 26.7 Å². The van der Waals surface area contributed by atoms with Crippen LogP contribution >= 0.6 is 0 Å². The number of ketones is 1. The van der Waals surface area contributed by atoms with Crippen molar-refractivity contribution in [1.29, 1.82) is 5.26 Å². The lowest BCUT2D eigenvalue weighted by atomic mass is 9.99. The molecule has 0 N–H and O–H groups in total. The topological polar surface area (TPSA) is 95.6 Å². The van der Waals surface area contributed by atoms with E-state index in [0.717, 1.165) is 29.5 Å². The van der Waals surface area contributed by atoms with Gasteiger partial charge in [-0.1, -0.05) is 25.1 Å². The minimum absolute atomic E-state index is 0.0438. The summed E-state index contributed by atoms with van der Waals surface area (Å²) in [5.41, 5.74) is 0.0522. The normalized spacial score (nSPS) is 15.5. The van der Waals surface area contributed by atoms with Gasteiger partial charge in [-0.25, -0.2) is 12.4 Å². The fourth-order valence-corrected chi connectivity index (χ4v) is 6.00. The predicted octanol–water partition coefficient (Wildman–Crippen LogP) is 4.14. The first kappa shape index (κ1) is 26.5. The van der Waals surface area contributed by atoms with Crippen LogP contribution < -0.4 is 4.74 Å². The maximum absolute atomic E-state index is 13.8. The molecule has 2 heterocycles. The summed E-state index contributed by atoms with van der Waals surface area (Å²) in [5.74, 6) is 0.600. The van der Waals surface area contributed by atoms with Gasteiger partial charge in [-0.2, -0.15) is 5.26 Å². The van der Waals surface area contributed by atoms with Crippen LogP contribution in [0.2, 0.25) is 0 Å². The van der Waals surface area contributed by atoms with Crippen LogP contribution in [0.1, 0.15) is 30.3 Å². The number of aromatic nitrogens is 1. The van der Waals surface area contributed by atoms with Crippen LogP contribution in [0.5, 0.6) is 5.75 Å². The molecule has 0 aliphatic carbocycles. The van der Waals surface area contributed by atoms with Crippen molar-refractivity contribution in [3.05, 3.63) is 72.1 Å². The Morgan fingerprint density at radius 1 is 1.14 bits per heavy atom. The van der Waals surface area contributed by atoms with E-state index < -0.39 is 15.8 Å². The fourth-order valence-electron chi connectivity index (χ4n) is 4.47. The van der Waals surface area contributed by atoms with Crippen molar-refractivity contribution in [3.8, 4) is 11.8 Å². The average Bonchev–Trinajstić information content (AvgIpc) is 3.28. The van der Waals surface area contributed by atoms with Crippen LogP contribution in [-0.4, -0.2) is 68.3 Å². The summed E-state index contributed by atoms with van der Waals surface area (Å²) >= 11 is 0. The Bertz CT molecular complexity index is 1440. The SMILES string of the molecule is CC1CCN(CCOc2ccc3cc(C(=O)/C(C#N)=C/N(C)C)n(S(=O)(=O)c4ccccc4)c3c2)CC1. The molecule has 37 heavy (non-hydrogen) atoms. The van der Waals surface area contributed by atoms with Gasteiger partial charge in [-0.05, 0) is 62.2 Å². The highest BCUT2D eigenvalue weighted by Gasteiger charge is 2.28. The predicted molar refractivity (Wildman–Crippen MR) is 143 cm³/mol. The van der Waals surface area contributed by atoms with Gasteiger partial charge in [0, 0.05) is 38.3 Å². The van der Waals surface area contributed by atoms with Gasteiger partial charge in [0.25, 0.3) is 10.0 Å². The standard InChI is InChI=1S/C28H32N4O4S/c1-21-11-13-31(14-12-21)15-16-36-24-10-9-22-17-27(28(33)23(19-29)20-30(2)3)32(26(22)18-24)37(34,35)25-7-5-4-6-8-25/h4-10,17-18,20-21H,11-16H2,1-3H3/b23-20+. The molecule has 194 valence electrons. The van der Waals surface area contributed by atoms with E-state index in [0.29, 0.717) is 23.3 Å². The van der Waals surface area contributed by atoms with Crippen molar-refractivity contribution in [2.75, 3.05) is 40.3 Å². The molecular formula is C28H32N4O4S. The molecule has 1 saturated heterocycles. The minimum atomic E-state index is -4.15. The number of hydrogen-bond donors (Lipinski definition) is 0. The number of nitriles is 1. The van der Waals surface area contributed by atoms with E-state index in [1.54, 1.807) is 55.4 Å². The number of ether oxygens (including phenoxy) is 1. The summed E-state index contributed by atoms with van der Waals surface area (Å²) in [6.07, 6.45) is 3.75. The summed E-state index contributed by atoms with van der Waals surface area (Å²) in [6, 6.07) is 16.5. The number of carbonyl (C=O) groups is 1. The summed E-state index contributed by atoms with van der Waals surface area (Å²) in [6.45, 7) is 5.64. The minimum Gasteiger partial charge on any atom is -0.492 e. The number of benzene rings is 2. The molecule has 1 aliphatic heterocycles. The summed E-state index contributed by atoms with van der Waals surface area (Å²) in [4.78, 5) is 17.4. The highest BCUT2D eigenvalue weighted by atomic mass is 32.2. The van der Waals surface area contributed by atoms with Crippen LogP contribution in [0.3, 0.4) is 0 Å². The lowest BCUT2D eigenvalue weighted by molar-refractivity contribution is 0.103. The molecule has 0 bridgehead atoms. The molecule has 0 unspecified atom stereocenters. The van der Waals surface area contributed by atoms with Crippen molar-refractivity contribution in [1.82, 2.24) is 13.8 Å². The maximum Gasteiger partial charge on any atom is 0.268 e. The van der Waals surface area contributed by atoms with Gasteiger partial charge in [-0.15, -0.1) is 0 Å². The number of nitrogens with zero attached hydrogens (tertiary/aromatic N) is 4. The Labute approximate surface area is 218 Å². The number of rotatable bonds is 9. The number of likely N-dealkylation sites (tertiary alicyclic amines) is 1. The Balaban J connectivity index is 1.73. The first-order valence-electron chi connectivity index (χ1n) is 12.3. The molecule has 1 fully saturated rings. The van der Waals surface area contributed by atoms with Crippen LogP contribution in [0.25, 0.3) is 10.9 Å². The zero-order valence-corrected chi connectivity index (χ0v) is 22.2. The van der Waals surface area contributed by atoms with Gasteiger partial charge in [-0.3, -0.25) is 9.69 Å². The second-order valence-corrected chi connectivity index (χ2v) is 11.4. The van der Waals surface area contributed by atoms with Gasteiger partial charge >= 0.3 is 0 Å². The number of carbonyl (C=O) groups excluding carboxylic acids is 1. The second-order valence-electron chi connectivity index (χ2n) is 9.65. The van der Waals surface area contributed by atoms with Crippen LogP contribution in [-0.2, 0) is 10.0 Å². The summed E-state index contributed by atoms with van der Waals surface area (Å²) in [5, 5.41) is 10.2. The zero-order chi connectivity index (χ0) is 26.6. The third-order valence-corrected chi connectivity index (χ3v) is 8.29. The van der Waals surface area contributed by atoms with E-state index in [1.165, 1.54) is 37.2 Å². The monoisotopic (exact) mass is 520 g/mol. The van der Waals surface area contributed by atoms with Crippen LogP contribution in [0.15, 0.2) is 71.3 Å². The van der Waals surface area contributed by atoms with Crippen molar-refractivity contribution < 1.29 is 17.9 Å². The molecule has 0 spiro atoms. The quantitative estimate of drug-likeness (QED) is 0.238. The molecule has 1 aliphatic rings. The number of hydrogen-bond acceptors (Lipinski definition) is 7. The highest BCUT2D eigenvalue weighted by molar-refractivity contribution is 7.90. The Kier molecular flexibility index (Phi) is 8.00. The Hall–Kier alpha value is -3.61. The van der Waals surface area contributed by atoms with E-state index in [2.05, 4.69) is 11.8 Å². The number of piperidine rings is 1. The van der Waals surface area contributed by atoms with Gasteiger partial charge in [0.05, 0.1) is 10.4 Å². The largest absolute Gasteiger partial charge is 0.492 e. The highest BCUT2D eigenvalue weighted by Crippen LogP contribution is 2.30. The van der Waals surface area contributed by atoms with Crippen LogP contribution in [0, 0.1) is 17.2 Å². The molecule has 9 heteroatoms.